The van der Waals surface area contributed by atoms with Gasteiger partial charge >= 0.3 is 71.1 Å². The molecule has 0 rings (SSSR count). The third-order valence-electron chi connectivity index (χ3n) is 2.07. The summed E-state index contributed by atoms with van der Waals surface area (Å²) in [4.78, 5) is 44.2. The van der Waals surface area contributed by atoms with Crippen molar-refractivity contribution in [3.8, 4) is 95.7 Å². The Morgan fingerprint density at radius 3 is 1.66 bits per heavy atom. The maximum atomic E-state index is 11.6. The number of hydrogen-bond acceptors (Lipinski definition) is 8. The number of carbonyl (C=O) groups excluding carboxylic acids is 2. The van der Waals surface area contributed by atoms with Gasteiger partial charge in [-0.15, -0.1) is 12.8 Å². The molecule has 0 N–H and O–H groups in total. The molecule has 0 bridgehead atoms. The Balaban J connectivity index is -0.00000420. The second-order valence-electron chi connectivity index (χ2n) is 4.16. The van der Waals surface area contributed by atoms with Crippen molar-refractivity contribution >= 4 is 19.8 Å². The van der Waals surface area contributed by atoms with Gasteiger partial charge in [0.05, 0.1) is 14.4 Å². The summed E-state index contributed by atoms with van der Waals surface area (Å²) in [6.45, 7) is -1.61. The van der Waals surface area contributed by atoms with Crippen LogP contribution in [0.25, 0.3) is 0 Å². The number of terminal acetylenes is 2. The number of rotatable bonds is 6. The summed E-state index contributed by atoms with van der Waals surface area (Å²) in [5.74, 6) is 27.5. The average molecular weight is 464 g/mol. The number of carbonyl (C=O) groups is 2. The maximum absolute atomic E-state index is 11.6. The number of phosphoric acid groups is 1. The predicted octanol–water partition coefficient (Wildman–Crippen LogP) is -8.42. The summed E-state index contributed by atoms with van der Waals surface area (Å²) in [6, 6.07) is 0. The summed E-state index contributed by atoms with van der Waals surface area (Å²) in [5.41, 5.74) is 0. The molecule has 0 heterocycles. The van der Waals surface area contributed by atoms with Crippen LogP contribution in [0.1, 0.15) is 0 Å². The van der Waals surface area contributed by atoms with E-state index < -0.39 is 39.1 Å². The Morgan fingerprint density at radius 2 is 1.19 bits per heavy atom. The topological polar surface area (TPSA) is 125 Å². The minimum atomic E-state index is -5.37. The summed E-state index contributed by atoms with van der Waals surface area (Å²) in [5, 5.41) is 0. The third-order valence-corrected chi connectivity index (χ3v) is 2.53. The Kier molecular flexibility index (Phi) is 23.2. The Bertz CT molecular complexity index is 1180. The molecule has 32 heavy (non-hydrogen) atoms. The van der Waals surface area contributed by atoms with E-state index in [0.717, 1.165) is 0 Å². The van der Waals surface area contributed by atoms with Gasteiger partial charge in [0.1, 0.15) is 6.61 Å². The fourth-order valence-electron chi connectivity index (χ4n) is 1.10. The van der Waals surface area contributed by atoms with E-state index in [0.29, 0.717) is 0 Å². The van der Waals surface area contributed by atoms with Crippen LogP contribution in [0.3, 0.4) is 0 Å². The molecule has 0 aliphatic rings. The summed E-state index contributed by atoms with van der Waals surface area (Å²) >= 11 is 0. The van der Waals surface area contributed by atoms with E-state index in [1.165, 1.54) is 0 Å². The standard InChI is InChI=1S/C21H9O8P.2Na/c1-3-5-7-9-11-13-15-20(22)27-17-19(18-28-30(24,25)26)29-21(23)16-14-12-10-8-6-4-2;;/h1-2,19H,17-18H2,(H2,24,25,26);;/q;2*+1/p-2/t19-;;/m1../s1. The zero-order valence-corrected chi connectivity index (χ0v) is 21.8. The van der Waals surface area contributed by atoms with Crippen molar-refractivity contribution < 1.29 is 97.1 Å². The molecule has 11 heteroatoms. The van der Waals surface area contributed by atoms with Gasteiger partial charge in [-0.2, -0.15) is 0 Å². The largest absolute Gasteiger partial charge is 1.00 e. The molecule has 0 aromatic carbocycles. The Labute approximate surface area is 230 Å². The van der Waals surface area contributed by atoms with Crippen molar-refractivity contribution in [1.29, 1.82) is 0 Å². The van der Waals surface area contributed by atoms with E-state index in [-0.39, 0.29) is 59.1 Å². The van der Waals surface area contributed by atoms with E-state index >= 15 is 0 Å². The second kappa shape index (κ2) is 21.8. The van der Waals surface area contributed by atoms with Gasteiger partial charge < -0.3 is 28.3 Å². The SMILES string of the molecule is C#CC#CC#CC#CC(=O)OC[C@H](COP(=O)([O-])[O-])OC(=O)C#CC#CC#CC#C.[Na+].[Na+]. The maximum Gasteiger partial charge on any atom is 1.00 e. The van der Waals surface area contributed by atoms with Gasteiger partial charge in [-0.05, 0) is 71.0 Å². The Morgan fingerprint density at radius 1 is 0.750 bits per heavy atom. The average Bonchev–Trinajstić information content (AvgIpc) is 2.68. The zero-order valence-electron chi connectivity index (χ0n) is 16.9. The molecular weight excluding hydrogens is 457 g/mol. The molecule has 0 aliphatic heterocycles. The Hall–Kier alpha value is -2.47. The molecule has 0 fully saturated rings. The number of ether oxygens (including phenoxy) is 2. The van der Waals surface area contributed by atoms with Crippen LogP contribution in [0, 0.1) is 95.7 Å². The fourth-order valence-corrected chi connectivity index (χ4v) is 1.45. The molecule has 0 amide bonds. The fraction of sp³-hybridized carbons (Fsp3) is 0.143. The van der Waals surface area contributed by atoms with Crippen LogP contribution < -0.4 is 68.9 Å². The molecule has 0 unspecified atom stereocenters. The molecule has 0 spiro atoms. The molecular formula is C21H7Na2O8P. The van der Waals surface area contributed by atoms with E-state index in [2.05, 4.69) is 68.5 Å². The second-order valence-corrected chi connectivity index (χ2v) is 5.31. The number of phosphoric ester groups is 1. The van der Waals surface area contributed by atoms with Crippen molar-refractivity contribution in [2.24, 2.45) is 0 Å². The van der Waals surface area contributed by atoms with Gasteiger partial charge in [0.25, 0.3) is 0 Å². The number of esters is 2. The first-order valence-electron chi connectivity index (χ1n) is 7.25. The van der Waals surface area contributed by atoms with Crippen LogP contribution in [0.15, 0.2) is 0 Å². The zero-order chi connectivity index (χ0) is 22.7. The van der Waals surface area contributed by atoms with Crippen molar-refractivity contribution in [3.05, 3.63) is 0 Å². The molecule has 146 valence electrons. The van der Waals surface area contributed by atoms with Crippen LogP contribution in [0.5, 0.6) is 0 Å². The van der Waals surface area contributed by atoms with E-state index in [4.69, 9.17) is 17.6 Å². The third kappa shape index (κ3) is 23.8. The normalized spacial score (nSPS) is 8.12. The smallest absolute Gasteiger partial charge is 0.790 e. The van der Waals surface area contributed by atoms with Crippen LogP contribution >= 0.6 is 7.82 Å². The molecule has 0 aromatic heterocycles. The van der Waals surface area contributed by atoms with Gasteiger partial charge in [-0.3, -0.25) is 0 Å². The minimum Gasteiger partial charge on any atom is -0.790 e. The van der Waals surface area contributed by atoms with Crippen LogP contribution in [-0.4, -0.2) is 31.3 Å². The van der Waals surface area contributed by atoms with Crippen molar-refractivity contribution in [1.82, 2.24) is 0 Å². The van der Waals surface area contributed by atoms with Gasteiger partial charge in [0, 0.05) is 11.8 Å². The molecule has 0 saturated heterocycles. The molecule has 1 atom stereocenters. The molecule has 0 saturated carbocycles. The molecule has 0 radical (unpaired) electrons. The predicted molar refractivity (Wildman–Crippen MR) is 98.7 cm³/mol. The first-order valence-corrected chi connectivity index (χ1v) is 8.71. The molecule has 0 aromatic rings. The van der Waals surface area contributed by atoms with E-state index in [9.17, 15) is 23.9 Å². The first-order chi connectivity index (χ1) is 14.3. The van der Waals surface area contributed by atoms with Crippen LogP contribution in [0.2, 0.25) is 0 Å². The summed E-state index contributed by atoms with van der Waals surface area (Å²) < 4.78 is 24.0. The van der Waals surface area contributed by atoms with Crippen LogP contribution in [-0.2, 0) is 28.2 Å². The van der Waals surface area contributed by atoms with Gasteiger partial charge in [-0.25, -0.2) is 9.59 Å². The van der Waals surface area contributed by atoms with E-state index in [1.54, 1.807) is 0 Å². The van der Waals surface area contributed by atoms with Crippen LogP contribution in [0.4, 0.5) is 0 Å². The van der Waals surface area contributed by atoms with Crippen molar-refractivity contribution in [3.63, 3.8) is 0 Å². The van der Waals surface area contributed by atoms with Crippen molar-refractivity contribution in [2.45, 2.75) is 6.10 Å². The summed E-state index contributed by atoms with van der Waals surface area (Å²) in [7, 11) is -5.37. The monoisotopic (exact) mass is 464 g/mol. The number of hydrogen-bond donors (Lipinski definition) is 0. The van der Waals surface area contributed by atoms with Gasteiger partial charge in [-0.1, -0.05) is 0 Å². The van der Waals surface area contributed by atoms with Crippen molar-refractivity contribution in [2.75, 3.05) is 13.2 Å². The minimum absolute atomic E-state index is 0. The molecule has 8 nitrogen and oxygen atoms in total. The summed E-state index contributed by atoms with van der Waals surface area (Å²) in [6.07, 6.45) is 8.26. The van der Waals surface area contributed by atoms with Gasteiger partial charge in [0.2, 0.25) is 0 Å². The first kappa shape index (κ1) is 34.2. The molecule has 0 aliphatic carbocycles. The van der Waals surface area contributed by atoms with Gasteiger partial charge in [0.15, 0.2) is 6.10 Å². The quantitative estimate of drug-likeness (QED) is 0.125. The van der Waals surface area contributed by atoms with E-state index in [1.807, 2.05) is 23.7 Å².